The van der Waals surface area contributed by atoms with Crippen molar-refractivity contribution in [3.63, 3.8) is 0 Å². The van der Waals surface area contributed by atoms with Gasteiger partial charge in [0, 0.05) is 17.7 Å². The van der Waals surface area contributed by atoms with Crippen LogP contribution in [0.2, 0.25) is 0 Å². The highest BCUT2D eigenvalue weighted by atomic mass is 32.2. The van der Waals surface area contributed by atoms with Crippen molar-refractivity contribution in [1.29, 1.82) is 0 Å². The zero-order valence-corrected chi connectivity index (χ0v) is 29.3. The first-order valence-corrected chi connectivity index (χ1v) is 18.0. The van der Waals surface area contributed by atoms with Gasteiger partial charge in [-0.25, -0.2) is 0 Å². The molecule has 1 N–H and O–H groups in total. The van der Waals surface area contributed by atoms with Crippen molar-refractivity contribution < 1.29 is 28.9 Å². The van der Waals surface area contributed by atoms with Crippen LogP contribution in [-0.4, -0.2) is 46.3 Å². The Morgan fingerprint density at radius 3 is 2.60 bits per heavy atom. The maximum absolute atomic E-state index is 13.9. The van der Waals surface area contributed by atoms with E-state index in [0.29, 0.717) is 58.3 Å². The fourth-order valence-corrected chi connectivity index (χ4v) is 7.57. The lowest BCUT2D eigenvalue weighted by Gasteiger charge is -2.24. The largest absolute Gasteiger partial charge is 0.507 e. The number of benzene rings is 3. The molecule has 48 heavy (non-hydrogen) atoms. The molecule has 0 bridgehead atoms. The Labute approximate surface area is 288 Å². The van der Waals surface area contributed by atoms with Gasteiger partial charge in [0.15, 0.2) is 15.8 Å². The zero-order chi connectivity index (χ0) is 33.9. The fourth-order valence-electron chi connectivity index (χ4n) is 5.74. The summed E-state index contributed by atoms with van der Waals surface area (Å²) in [7, 11) is 0. The summed E-state index contributed by atoms with van der Waals surface area (Å²) in [5.41, 5.74) is 4.21. The molecule has 0 unspecified atom stereocenters. The number of carbonyl (C=O) groups is 2. The minimum Gasteiger partial charge on any atom is -0.507 e. The number of carbonyl (C=O) groups excluding carboxylic acids is 2. The molecule has 0 radical (unpaired) electrons. The number of fused-ring (bicyclic) bond motifs is 1. The number of hydrogen-bond acceptors (Lipinski definition) is 10. The molecule has 1 aromatic heterocycles. The molecule has 1 saturated heterocycles. The molecule has 0 spiro atoms. The number of ketones is 1. The molecule has 250 valence electrons. The van der Waals surface area contributed by atoms with Crippen LogP contribution >= 0.6 is 23.1 Å². The number of Topliss-reactive ketones (excluding diaryl/α,β-unsaturated/α-hetero) is 1. The van der Waals surface area contributed by atoms with Gasteiger partial charge in [0.25, 0.3) is 5.78 Å². The first-order valence-electron chi connectivity index (χ1n) is 16.1. The number of rotatable bonds is 12. The second-order valence-electron chi connectivity index (χ2n) is 12.4. The number of ether oxygens (including phenoxy) is 3. The van der Waals surface area contributed by atoms with Gasteiger partial charge in [-0.15, -0.1) is 10.2 Å². The van der Waals surface area contributed by atoms with E-state index < -0.39 is 17.7 Å². The maximum Gasteiger partial charge on any atom is 0.301 e. The number of amides is 1. The summed E-state index contributed by atoms with van der Waals surface area (Å²) < 4.78 is 18.6. The van der Waals surface area contributed by atoms with Crippen molar-refractivity contribution in [2.24, 2.45) is 5.92 Å². The Morgan fingerprint density at radius 1 is 1.06 bits per heavy atom. The Hall–Kier alpha value is -4.35. The lowest BCUT2D eigenvalue weighted by molar-refractivity contribution is -0.132. The lowest BCUT2D eigenvalue weighted by Crippen LogP contribution is -2.29. The molecule has 6 rings (SSSR count). The number of nitrogens with zero attached hydrogens (tertiary/aromatic N) is 3. The topological polar surface area (TPSA) is 111 Å². The third kappa shape index (κ3) is 7.07. The second-order valence-corrected chi connectivity index (χ2v) is 14.6. The second kappa shape index (κ2) is 14.4. The molecule has 11 heteroatoms. The molecule has 0 saturated carbocycles. The van der Waals surface area contributed by atoms with Crippen LogP contribution in [0.1, 0.15) is 68.0 Å². The van der Waals surface area contributed by atoms with Gasteiger partial charge in [0.05, 0.1) is 24.8 Å². The van der Waals surface area contributed by atoms with Gasteiger partial charge in [-0.3, -0.25) is 14.5 Å². The first kappa shape index (κ1) is 33.5. The predicted octanol–water partition coefficient (Wildman–Crippen LogP) is 7.91. The number of aromatic nitrogens is 2. The SMILES string of the molecule is CCOc1cc([C@@H]2/C(=C(\O)c3ccc4c(c3)C[C@H](C)O4)C(=O)C(=O)N2c2nnc(SCc3ccc(C)cc3)s2)ccc1OCCC(C)C. The highest BCUT2D eigenvalue weighted by Crippen LogP contribution is 2.46. The average molecular weight is 686 g/mol. The molecule has 1 fully saturated rings. The van der Waals surface area contributed by atoms with E-state index in [4.69, 9.17) is 14.2 Å². The summed E-state index contributed by atoms with van der Waals surface area (Å²) >= 11 is 2.74. The van der Waals surface area contributed by atoms with Crippen LogP contribution in [0.25, 0.3) is 5.76 Å². The van der Waals surface area contributed by atoms with Crippen LogP contribution < -0.4 is 19.1 Å². The molecule has 2 aliphatic heterocycles. The fraction of sp³-hybridized carbons (Fsp3) is 0.351. The van der Waals surface area contributed by atoms with Crippen molar-refractivity contribution in [1.82, 2.24) is 10.2 Å². The van der Waals surface area contributed by atoms with E-state index in [1.807, 2.05) is 26.8 Å². The number of aryl methyl sites for hydroxylation is 1. The molecule has 2 aliphatic rings. The van der Waals surface area contributed by atoms with Gasteiger partial charge in [-0.2, -0.15) is 0 Å². The molecular weight excluding hydrogens is 647 g/mol. The van der Waals surface area contributed by atoms with Gasteiger partial charge < -0.3 is 19.3 Å². The van der Waals surface area contributed by atoms with Crippen LogP contribution in [-0.2, 0) is 21.8 Å². The highest BCUT2D eigenvalue weighted by Gasteiger charge is 2.48. The van der Waals surface area contributed by atoms with Crippen LogP contribution in [0.3, 0.4) is 0 Å². The lowest BCUT2D eigenvalue weighted by atomic mass is 9.94. The van der Waals surface area contributed by atoms with E-state index >= 15 is 0 Å². The zero-order valence-electron chi connectivity index (χ0n) is 27.7. The number of aliphatic hydroxyl groups is 1. The van der Waals surface area contributed by atoms with E-state index in [1.54, 1.807) is 30.3 Å². The van der Waals surface area contributed by atoms with Crippen LogP contribution in [0.15, 0.2) is 70.6 Å². The minimum atomic E-state index is -0.986. The van der Waals surface area contributed by atoms with Crippen LogP contribution in [0, 0.1) is 12.8 Å². The van der Waals surface area contributed by atoms with Crippen molar-refractivity contribution >= 4 is 45.7 Å². The van der Waals surface area contributed by atoms with E-state index in [0.717, 1.165) is 23.3 Å². The Bertz CT molecular complexity index is 1850. The quantitative estimate of drug-likeness (QED) is 0.0523. The summed E-state index contributed by atoms with van der Waals surface area (Å²) in [5.74, 6) is 1.08. The summed E-state index contributed by atoms with van der Waals surface area (Å²) in [6.07, 6.45) is 1.56. The minimum absolute atomic E-state index is 0.0108. The van der Waals surface area contributed by atoms with E-state index in [9.17, 15) is 14.7 Å². The monoisotopic (exact) mass is 685 g/mol. The van der Waals surface area contributed by atoms with Crippen LogP contribution in [0.4, 0.5) is 5.13 Å². The molecule has 9 nitrogen and oxygen atoms in total. The van der Waals surface area contributed by atoms with Crippen molar-refractivity contribution in [2.45, 2.75) is 69.7 Å². The average Bonchev–Trinajstić information content (AvgIpc) is 3.75. The van der Waals surface area contributed by atoms with Gasteiger partial charge in [-0.05, 0) is 80.1 Å². The maximum atomic E-state index is 13.9. The third-order valence-electron chi connectivity index (χ3n) is 8.23. The van der Waals surface area contributed by atoms with Gasteiger partial charge >= 0.3 is 5.91 Å². The summed E-state index contributed by atoms with van der Waals surface area (Å²) in [6, 6.07) is 18.0. The van der Waals surface area contributed by atoms with E-state index in [2.05, 4.69) is 48.3 Å². The first-order chi connectivity index (χ1) is 23.1. The third-order valence-corrected chi connectivity index (χ3v) is 10.4. The normalized spacial score (nSPS) is 18.3. The molecular formula is C37H39N3O6S2. The molecule has 3 aromatic carbocycles. The number of thioether (sulfide) groups is 1. The summed E-state index contributed by atoms with van der Waals surface area (Å²) in [5, 5.41) is 20.8. The highest BCUT2D eigenvalue weighted by molar-refractivity contribution is 8.00. The van der Waals surface area contributed by atoms with Gasteiger partial charge in [0.1, 0.15) is 17.6 Å². The number of anilines is 1. The number of aliphatic hydroxyl groups excluding tert-OH is 1. The molecule has 0 aliphatic carbocycles. The standard InChI is InChI=1S/C37H39N3O6S2/c1-6-44-30-19-25(11-14-29(30)45-16-15-21(2)3)32-31(33(41)26-12-13-28-27(18-26)17-23(5)46-28)34(42)35(43)40(32)36-38-39-37(48-36)47-20-24-9-7-22(4)8-10-24/h7-14,18-19,21,23,32,41H,6,15-17,20H2,1-5H3/b33-31+/t23-,32+/m0/s1. The smallest absolute Gasteiger partial charge is 0.301 e. The molecule has 3 heterocycles. The summed E-state index contributed by atoms with van der Waals surface area (Å²) in [4.78, 5) is 29.1. The van der Waals surface area contributed by atoms with Crippen molar-refractivity contribution in [3.8, 4) is 17.2 Å². The van der Waals surface area contributed by atoms with Crippen molar-refractivity contribution in [2.75, 3.05) is 18.1 Å². The van der Waals surface area contributed by atoms with Gasteiger partial charge in [0.2, 0.25) is 5.13 Å². The van der Waals surface area contributed by atoms with Crippen molar-refractivity contribution in [3.05, 3.63) is 94.1 Å². The van der Waals surface area contributed by atoms with E-state index in [1.165, 1.54) is 33.6 Å². The summed E-state index contributed by atoms with van der Waals surface area (Å²) in [6.45, 7) is 11.1. The molecule has 2 atom stereocenters. The Kier molecular flexibility index (Phi) is 10.1. The molecule has 4 aromatic rings. The Morgan fingerprint density at radius 2 is 1.85 bits per heavy atom. The van der Waals surface area contributed by atoms with Crippen LogP contribution in [0.5, 0.6) is 17.2 Å². The van der Waals surface area contributed by atoms with Gasteiger partial charge in [-0.1, -0.05) is 72.8 Å². The molecule has 1 amide bonds. The predicted molar refractivity (Wildman–Crippen MR) is 188 cm³/mol. The Balaban J connectivity index is 1.40. The van der Waals surface area contributed by atoms with E-state index in [-0.39, 0.29) is 22.6 Å². The number of hydrogen-bond donors (Lipinski definition) is 1.